The third-order valence-corrected chi connectivity index (χ3v) is 12.7. The average molecular weight is 838 g/mol. The summed E-state index contributed by atoms with van der Waals surface area (Å²) in [7, 11) is 0. The van der Waals surface area contributed by atoms with Gasteiger partial charge in [0.05, 0.1) is 24.1 Å². The normalized spacial score (nSPS) is 31.6. The Hall–Kier alpha value is -0.470. The Morgan fingerprint density at radius 2 is 1.57 bits per heavy atom. The van der Waals surface area contributed by atoms with Crippen molar-refractivity contribution in [1.29, 1.82) is 0 Å². The van der Waals surface area contributed by atoms with Crippen molar-refractivity contribution >= 4 is 79.7 Å². The van der Waals surface area contributed by atoms with Gasteiger partial charge in [0.2, 0.25) is 0 Å². The van der Waals surface area contributed by atoms with E-state index in [9.17, 15) is 9.59 Å². The second kappa shape index (κ2) is 10.2. The summed E-state index contributed by atoms with van der Waals surface area (Å²) >= 11 is 6.77. The minimum absolute atomic E-state index is 0.0637. The smallest absolute Gasteiger partial charge is 0.339 e. The van der Waals surface area contributed by atoms with E-state index < -0.39 is 16.6 Å². The Labute approximate surface area is 259 Å². The number of hydrogen-bond donors (Lipinski definition) is 1. The summed E-state index contributed by atoms with van der Waals surface area (Å²) in [5.74, 6) is 0.495. The molecule has 196 valence electrons. The molecule has 2 aromatic carbocycles. The molecule has 4 saturated carbocycles. The Morgan fingerprint density at radius 1 is 0.892 bits per heavy atom. The van der Waals surface area contributed by atoms with E-state index in [1.54, 1.807) is 0 Å². The zero-order chi connectivity index (χ0) is 25.8. The van der Waals surface area contributed by atoms with Gasteiger partial charge < -0.3 is 14.8 Å². The molecule has 5 fully saturated rings. The van der Waals surface area contributed by atoms with E-state index >= 15 is 0 Å². The molecule has 4 aliphatic carbocycles. The fourth-order valence-corrected chi connectivity index (χ4v) is 10.3. The van der Waals surface area contributed by atoms with Crippen molar-refractivity contribution in [2.75, 3.05) is 13.1 Å². The molecule has 8 heteroatoms. The van der Waals surface area contributed by atoms with E-state index in [2.05, 4.69) is 91.3 Å². The lowest BCUT2D eigenvalue weighted by atomic mass is 9.48. The van der Waals surface area contributed by atoms with Crippen molar-refractivity contribution in [3.8, 4) is 0 Å². The van der Waals surface area contributed by atoms with Crippen molar-refractivity contribution in [1.82, 2.24) is 0 Å². The topological polar surface area (TPSA) is 69.2 Å². The molecule has 2 aromatic rings. The van der Waals surface area contributed by atoms with Gasteiger partial charge in [-0.1, -0.05) is 30.3 Å². The number of rotatable bonds is 5. The van der Waals surface area contributed by atoms with Gasteiger partial charge in [-0.2, -0.15) is 0 Å². The maximum Gasteiger partial charge on any atom is 0.339 e. The lowest BCUT2D eigenvalue weighted by molar-refractivity contribution is -0.668. The Morgan fingerprint density at radius 3 is 2.24 bits per heavy atom. The van der Waals surface area contributed by atoms with E-state index in [-0.39, 0.29) is 11.9 Å². The zero-order valence-electron chi connectivity index (χ0n) is 20.6. The molecule has 7 rings (SSSR count). The maximum atomic E-state index is 14.2. The van der Waals surface area contributed by atoms with Gasteiger partial charge in [-0.05, 0) is 129 Å². The highest BCUT2D eigenvalue weighted by Crippen LogP contribution is 2.63. The van der Waals surface area contributed by atoms with Crippen molar-refractivity contribution in [3.63, 3.8) is 0 Å². The van der Waals surface area contributed by atoms with Gasteiger partial charge in [0.1, 0.15) is 11.2 Å². The number of piperidine rings is 1. The largest absolute Gasteiger partial charge is 0.455 e. The SMILES string of the molecule is O=C(OC12CC3CC(C1)CC(C(=O)OC1(c4ccccc4)CC[NH2+]CC1)(C3)C2)c1cc(I)cc(I)c1I. The molecule has 2 unspecified atom stereocenters. The molecule has 2 atom stereocenters. The molecule has 0 radical (unpaired) electrons. The summed E-state index contributed by atoms with van der Waals surface area (Å²) in [4.78, 5) is 27.7. The number of carbonyl (C=O) groups excluding carboxylic acids is 2. The standard InChI is InChI=1S/C29H30I3NO4/c30-21-11-22(24(32)23(31)12-21)25(34)36-28-15-18-10-19(16-28)14-27(13-18,17-28)26(35)37-29(6-8-33-9-7-29)20-4-2-1-3-5-20/h1-5,11-12,18-19,33H,6-10,13-17H2/p+1. The highest BCUT2D eigenvalue weighted by atomic mass is 127. The highest BCUT2D eigenvalue weighted by molar-refractivity contribution is 14.1. The predicted molar refractivity (Wildman–Crippen MR) is 165 cm³/mol. The van der Waals surface area contributed by atoms with Crippen LogP contribution in [0, 0.1) is 28.0 Å². The van der Waals surface area contributed by atoms with Crippen LogP contribution in [0.1, 0.15) is 67.3 Å². The molecule has 0 amide bonds. The molecule has 1 aliphatic heterocycles. The van der Waals surface area contributed by atoms with Crippen molar-refractivity contribution in [2.45, 2.75) is 62.6 Å². The van der Waals surface area contributed by atoms with Gasteiger partial charge in [0, 0.05) is 30.0 Å². The lowest BCUT2D eigenvalue weighted by Gasteiger charge is -2.60. The number of ether oxygens (including phenoxy) is 2. The fraction of sp³-hybridized carbons (Fsp3) is 0.517. The van der Waals surface area contributed by atoms with Crippen LogP contribution in [0.15, 0.2) is 42.5 Å². The lowest BCUT2D eigenvalue weighted by Crippen LogP contribution is -2.87. The van der Waals surface area contributed by atoms with Crippen molar-refractivity contribution in [2.24, 2.45) is 17.3 Å². The Balaban J connectivity index is 1.28. The van der Waals surface area contributed by atoms with Gasteiger partial charge in [0.15, 0.2) is 0 Å². The van der Waals surface area contributed by atoms with Crippen LogP contribution in [0.4, 0.5) is 0 Å². The highest BCUT2D eigenvalue weighted by Gasteiger charge is 2.64. The monoisotopic (exact) mass is 838 g/mol. The molecule has 5 aliphatic rings. The molecule has 0 spiro atoms. The van der Waals surface area contributed by atoms with Crippen LogP contribution in [-0.4, -0.2) is 30.6 Å². The molecular formula is C29H31I3NO4+. The van der Waals surface area contributed by atoms with Crippen LogP contribution in [0.25, 0.3) is 0 Å². The molecule has 2 N–H and O–H groups in total. The first-order chi connectivity index (χ1) is 17.7. The van der Waals surface area contributed by atoms with E-state index in [4.69, 9.17) is 9.47 Å². The summed E-state index contributed by atoms with van der Waals surface area (Å²) in [6.45, 7) is 1.91. The van der Waals surface area contributed by atoms with E-state index in [1.165, 1.54) is 0 Å². The molecule has 1 heterocycles. The number of carbonyl (C=O) groups is 2. The molecule has 4 bridgehead atoms. The third kappa shape index (κ3) is 4.98. The summed E-state index contributed by atoms with van der Waals surface area (Å²) < 4.78 is 16.1. The molecule has 5 nitrogen and oxygen atoms in total. The fourth-order valence-electron chi connectivity index (χ4n) is 7.91. The molecule has 0 aromatic heterocycles. The van der Waals surface area contributed by atoms with Gasteiger partial charge in [-0.3, -0.25) is 4.79 Å². The minimum atomic E-state index is -0.573. The van der Waals surface area contributed by atoms with Crippen LogP contribution >= 0.6 is 67.8 Å². The summed E-state index contributed by atoms with van der Waals surface area (Å²) in [6.07, 6.45) is 6.82. The van der Waals surface area contributed by atoms with Crippen LogP contribution in [0.5, 0.6) is 0 Å². The zero-order valence-corrected chi connectivity index (χ0v) is 27.1. The number of quaternary nitrogens is 1. The van der Waals surface area contributed by atoms with Crippen molar-refractivity contribution < 1.29 is 24.4 Å². The van der Waals surface area contributed by atoms with Gasteiger partial charge in [-0.25, -0.2) is 4.79 Å². The summed E-state index contributed by atoms with van der Waals surface area (Å²) in [5.41, 5.74) is 0.0419. The first-order valence-electron chi connectivity index (χ1n) is 13.2. The number of esters is 2. The first kappa shape index (κ1) is 26.7. The van der Waals surface area contributed by atoms with Crippen LogP contribution in [0.3, 0.4) is 0 Å². The van der Waals surface area contributed by atoms with Crippen molar-refractivity contribution in [3.05, 3.63) is 64.3 Å². The number of halogens is 3. The number of nitrogens with two attached hydrogens (primary N) is 1. The van der Waals surface area contributed by atoms with Gasteiger partial charge >= 0.3 is 11.9 Å². The van der Waals surface area contributed by atoms with E-state index in [0.717, 1.165) is 74.3 Å². The molecular weight excluding hydrogens is 807 g/mol. The first-order valence-corrected chi connectivity index (χ1v) is 16.4. The predicted octanol–water partition coefficient (Wildman–Crippen LogP) is 5.79. The van der Waals surface area contributed by atoms with Crippen LogP contribution < -0.4 is 5.32 Å². The molecule has 37 heavy (non-hydrogen) atoms. The van der Waals surface area contributed by atoms with Crippen LogP contribution in [0.2, 0.25) is 0 Å². The second-order valence-corrected chi connectivity index (χ2v) is 15.2. The third-order valence-electron chi connectivity index (χ3n) is 9.06. The van der Waals surface area contributed by atoms with E-state index in [0.29, 0.717) is 23.8 Å². The second-order valence-electron chi connectivity index (χ2n) is 11.7. The Kier molecular flexibility index (Phi) is 7.35. The minimum Gasteiger partial charge on any atom is -0.455 e. The number of hydrogen-bond acceptors (Lipinski definition) is 4. The maximum absolute atomic E-state index is 14.2. The average Bonchev–Trinajstić information content (AvgIpc) is 2.86. The molecule has 1 saturated heterocycles. The van der Waals surface area contributed by atoms with Gasteiger partial charge in [0.25, 0.3) is 0 Å². The summed E-state index contributed by atoms with van der Waals surface area (Å²) in [5, 5.41) is 2.31. The quantitative estimate of drug-likeness (QED) is 0.236. The van der Waals surface area contributed by atoms with E-state index in [1.807, 2.05) is 24.3 Å². The Bertz CT molecular complexity index is 1210. The summed E-state index contributed by atoms with van der Waals surface area (Å²) in [6, 6.07) is 14.3. The van der Waals surface area contributed by atoms with Crippen LogP contribution in [-0.2, 0) is 19.9 Å². The number of benzene rings is 2. The van der Waals surface area contributed by atoms with Gasteiger partial charge in [-0.15, -0.1) is 0 Å².